The molecule has 1 N–H and O–H groups in total. The molecule has 1 saturated carbocycles. The van der Waals surface area contributed by atoms with Crippen LogP contribution in [0.2, 0.25) is 6.32 Å². The first-order valence-electron chi connectivity index (χ1n) is 8.75. The molecule has 0 aromatic rings. The molecule has 2 aliphatic rings. The maximum absolute atomic E-state index is 6.08. The smallest absolute Gasteiger partial charge is 0.403 e. The largest absolute Gasteiger partial charge is 0.457 e. The number of hydrogen-bond acceptors (Lipinski definition) is 3. The van der Waals surface area contributed by atoms with Crippen LogP contribution < -0.4 is 5.32 Å². The molecule has 1 aliphatic carbocycles. The van der Waals surface area contributed by atoms with Crippen LogP contribution in [0.5, 0.6) is 0 Å². The van der Waals surface area contributed by atoms with Gasteiger partial charge in [-0.3, -0.25) is 0 Å². The molecule has 122 valence electrons. The van der Waals surface area contributed by atoms with Gasteiger partial charge < -0.3 is 14.6 Å². The van der Waals surface area contributed by atoms with Crippen LogP contribution in [0.3, 0.4) is 0 Å². The van der Waals surface area contributed by atoms with Gasteiger partial charge in [0.15, 0.2) is 0 Å². The van der Waals surface area contributed by atoms with Gasteiger partial charge >= 0.3 is 7.12 Å². The fourth-order valence-corrected chi connectivity index (χ4v) is 3.96. The molecule has 3 atom stereocenters. The summed E-state index contributed by atoms with van der Waals surface area (Å²) in [5.74, 6) is 2.65. The Morgan fingerprint density at radius 3 is 2.29 bits per heavy atom. The van der Waals surface area contributed by atoms with E-state index in [1.165, 1.54) is 32.2 Å². The van der Waals surface area contributed by atoms with E-state index in [1.807, 2.05) is 0 Å². The summed E-state index contributed by atoms with van der Waals surface area (Å²) in [6, 6.07) is 0. The Bertz CT molecular complexity index is 330. The summed E-state index contributed by atoms with van der Waals surface area (Å²) < 4.78 is 12.2. The van der Waals surface area contributed by atoms with E-state index in [0.29, 0.717) is 0 Å². The van der Waals surface area contributed by atoms with Crippen LogP contribution in [0.4, 0.5) is 0 Å². The molecule has 0 radical (unpaired) electrons. The average molecular weight is 295 g/mol. The van der Waals surface area contributed by atoms with Crippen LogP contribution >= 0.6 is 0 Å². The second-order valence-corrected chi connectivity index (χ2v) is 8.25. The zero-order valence-corrected chi connectivity index (χ0v) is 14.9. The highest BCUT2D eigenvalue weighted by Crippen LogP contribution is 2.41. The first kappa shape index (κ1) is 17.3. The molecule has 1 aliphatic heterocycles. The molecule has 0 spiro atoms. The molecule has 21 heavy (non-hydrogen) atoms. The predicted molar refractivity (Wildman–Crippen MR) is 89.4 cm³/mol. The molecule has 0 bridgehead atoms. The van der Waals surface area contributed by atoms with Crippen molar-refractivity contribution >= 4 is 7.12 Å². The zero-order valence-electron chi connectivity index (χ0n) is 14.9. The standard InChI is InChI=1S/C17H34BNO2/c1-13-10-14(12-19-6)11-15(13)8-7-9-18-20-16(2,3)17(4,5)21-18/h13-15,19H,7-12H2,1-6H3/t13-,14?,15+/m0/s1. The second kappa shape index (κ2) is 6.60. The Morgan fingerprint density at radius 1 is 1.10 bits per heavy atom. The van der Waals surface area contributed by atoms with E-state index in [1.54, 1.807) is 0 Å². The van der Waals surface area contributed by atoms with E-state index >= 15 is 0 Å². The minimum atomic E-state index is -0.184. The SMILES string of the molecule is CNCC1C[C@@H](CCCB2OC(C)(C)C(C)(C)O2)[C@@H](C)C1. The number of rotatable bonds is 6. The highest BCUT2D eigenvalue weighted by Gasteiger charge is 2.50. The van der Waals surface area contributed by atoms with Crippen molar-refractivity contribution in [3.63, 3.8) is 0 Å². The van der Waals surface area contributed by atoms with Gasteiger partial charge in [0, 0.05) is 0 Å². The topological polar surface area (TPSA) is 30.5 Å². The summed E-state index contributed by atoms with van der Waals surface area (Å²) in [4.78, 5) is 0. The lowest BCUT2D eigenvalue weighted by atomic mass is 9.80. The average Bonchev–Trinajstić information content (AvgIpc) is 2.78. The Kier molecular flexibility index (Phi) is 5.43. The fraction of sp³-hybridized carbons (Fsp3) is 1.00. The number of nitrogens with one attached hydrogen (secondary N) is 1. The predicted octanol–water partition coefficient (Wildman–Crippen LogP) is 3.74. The highest BCUT2D eigenvalue weighted by atomic mass is 16.7. The van der Waals surface area contributed by atoms with E-state index in [2.05, 4.69) is 47.0 Å². The summed E-state index contributed by atoms with van der Waals surface area (Å²) >= 11 is 0. The lowest BCUT2D eigenvalue weighted by Gasteiger charge is -2.32. The lowest BCUT2D eigenvalue weighted by Crippen LogP contribution is -2.41. The normalized spacial score (nSPS) is 34.6. The summed E-state index contributed by atoms with van der Waals surface area (Å²) in [6.07, 6.45) is 6.36. The van der Waals surface area contributed by atoms with Gasteiger partial charge in [-0.2, -0.15) is 0 Å². The van der Waals surface area contributed by atoms with Crippen molar-refractivity contribution in [2.45, 2.75) is 77.8 Å². The Balaban J connectivity index is 1.71. The highest BCUT2D eigenvalue weighted by molar-refractivity contribution is 6.45. The molecule has 4 heteroatoms. The molecule has 0 amide bonds. The van der Waals surface area contributed by atoms with Crippen molar-refractivity contribution in [2.75, 3.05) is 13.6 Å². The summed E-state index contributed by atoms with van der Waals surface area (Å²) in [6.45, 7) is 12.1. The summed E-state index contributed by atoms with van der Waals surface area (Å²) in [5.41, 5.74) is -0.369. The Labute approximate surface area is 131 Å². The van der Waals surface area contributed by atoms with E-state index in [9.17, 15) is 0 Å². The van der Waals surface area contributed by atoms with Crippen LogP contribution in [0.15, 0.2) is 0 Å². The third-order valence-corrected chi connectivity index (χ3v) is 5.96. The minimum absolute atomic E-state index is 0.0141. The van der Waals surface area contributed by atoms with Gasteiger partial charge in [0.05, 0.1) is 11.2 Å². The molecular formula is C17H34BNO2. The lowest BCUT2D eigenvalue weighted by molar-refractivity contribution is 0.00578. The van der Waals surface area contributed by atoms with Crippen LogP contribution in [0.1, 0.15) is 60.3 Å². The molecule has 2 rings (SSSR count). The summed E-state index contributed by atoms with van der Waals surface area (Å²) in [7, 11) is 2.05. The van der Waals surface area contributed by atoms with Gasteiger partial charge in [0.25, 0.3) is 0 Å². The zero-order chi connectivity index (χ0) is 15.7. The molecule has 2 fully saturated rings. The third-order valence-electron chi connectivity index (χ3n) is 5.96. The Morgan fingerprint density at radius 2 is 1.71 bits per heavy atom. The monoisotopic (exact) mass is 295 g/mol. The van der Waals surface area contributed by atoms with Gasteiger partial charge in [-0.15, -0.1) is 0 Å². The number of hydrogen-bond donors (Lipinski definition) is 1. The minimum Gasteiger partial charge on any atom is -0.403 e. The maximum Gasteiger partial charge on any atom is 0.457 e. The van der Waals surface area contributed by atoms with Gasteiger partial charge in [0.1, 0.15) is 0 Å². The van der Waals surface area contributed by atoms with E-state index < -0.39 is 0 Å². The van der Waals surface area contributed by atoms with Crippen molar-refractivity contribution in [3.05, 3.63) is 0 Å². The van der Waals surface area contributed by atoms with Crippen LogP contribution in [-0.4, -0.2) is 31.9 Å². The van der Waals surface area contributed by atoms with E-state index in [-0.39, 0.29) is 18.3 Å². The molecule has 3 nitrogen and oxygen atoms in total. The molecule has 0 aromatic carbocycles. The van der Waals surface area contributed by atoms with Gasteiger partial charge in [-0.1, -0.05) is 19.8 Å². The summed E-state index contributed by atoms with van der Waals surface area (Å²) in [5, 5.41) is 3.33. The molecular weight excluding hydrogens is 261 g/mol. The van der Waals surface area contributed by atoms with Crippen molar-refractivity contribution < 1.29 is 9.31 Å². The van der Waals surface area contributed by atoms with Crippen molar-refractivity contribution in [1.82, 2.24) is 5.32 Å². The van der Waals surface area contributed by atoms with Crippen molar-refractivity contribution in [2.24, 2.45) is 17.8 Å². The third kappa shape index (κ3) is 4.03. The van der Waals surface area contributed by atoms with E-state index in [4.69, 9.17) is 9.31 Å². The fourth-order valence-electron chi connectivity index (χ4n) is 3.96. The van der Waals surface area contributed by atoms with Crippen molar-refractivity contribution in [1.29, 1.82) is 0 Å². The molecule has 1 saturated heterocycles. The van der Waals surface area contributed by atoms with Crippen LogP contribution in [0.25, 0.3) is 0 Å². The maximum atomic E-state index is 6.08. The first-order chi connectivity index (χ1) is 9.75. The van der Waals surface area contributed by atoms with Crippen LogP contribution in [-0.2, 0) is 9.31 Å². The van der Waals surface area contributed by atoms with Gasteiger partial charge in [-0.05, 0) is 78.2 Å². The Hall–Kier alpha value is -0.0551. The van der Waals surface area contributed by atoms with Gasteiger partial charge in [-0.25, -0.2) is 0 Å². The quantitative estimate of drug-likeness (QED) is 0.757. The second-order valence-electron chi connectivity index (χ2n) is 8.25. The molecule has 0 aromatic heterocycles. The first-order valence-corrected chi connectivity index (χ1v) is 8.75. The van der Waals surface area contributed by atoms with Crippen molar-refractivity contribution in [3.8, 4) is 0 Å². The van der Waals surface area contributed by atoms with Crippen LogP contribution in [0, 0.1) is 17.8 Å². The molecule has 1 heterocycles. The van der Waals surface area contributed by atoms with Gasteiger partial charge in [0.2, 0.25) is 0 Å². The molecule has 1 unspecified atom stereocenters. The van der Waals surface area contributed by atoms with E-state index in [0.717, 1.165) is 24.1 Å².